The zero-order chi connectivity index (χ0) is 12.4. The van der Waals surface area contributed by atoms with Crippen LogP contribution in [0.5, 0.6) is 0 Å². The van der Waals surface area contributed by atoms with Crippen molar-refractivity contribution in [2.45, 2.75) is 39.5 Å². The third kappa shape index (κ3) is 2.93. The number of rotatable bonds is 2. The molecule has 1 fully saturated rings. The van der Waals surface area contributed by atoms with Crippen LogP contribution >= 0.6 is 0 Å². The van der Waals surface area contributed by atoms with Crippen LogP contribution in [0.25, 0.3) is 0 Å². The summed E-state index contributed by atoms with van der Waals surface area (Å²) in [6, 6.07) is 4.85. The molecule has 2 rings (SSSR count). The van der Waals surface area contributed by atoms with E-state index in [1.165, 1.54) is 6.07 Å². The average molecular weight is 234 g/mol. The van der Waals surface area contributed by atoms with Crippen LogP contribution in [-0.2, 0) is 11.2 Å². The highest BCUT2D eigenvalue weighted by Crippen LogP contribution is 2.29. The van der Waals surface area contributed by atoms with E-state index in [9.17, 15) is 9.18 Å². The van der Waals surface area contributed by atoms with Crippen LogP contribution in [0.2, 0.25) is 0 Å². The molecule has 1 nitrogen and oxygen atoms in total. The van der Waals surface area contributed by atoms with Crippen LogP contribution in [0.1, 0.15) is 37.3 Å². The van der Waals surface area contributed by atoms with Gasteiger partial charge in [0, 0.05) is 12.3 Å². The highest BCUT2D eigenvalue weighted by atomic mass is 19.1. The van der Waals surface area contributed by atoms with Crippen LogP contribution in [0, 0.1) is 24.6 Å². The van der Waals surface area contributed by atoms with Gasteiger partial charge in [0.1, 0.15) is 11.6 Å². The van der Waals surface area contributed by atoms with Crippen LogP contribution < -0.4 is 0 Å². The molecule has 0 aromatic heterocycles. The van der Waals surface area contributed by atoms with E-state index in [0.29, 0.717) is 18.1 Å². The summed E-state index contributed by atoms with van der Waals surface area (Å²) in [6.07, 6.45) is 3.49. The van der Waals surface area contributed by atoms with Gasteiger partial charge in [0.05, 0.1) is 0 Å². The van der Waals surface area contributed by atoms with Gasteiger partial charge in [-0.05, 0) is 55.4 Å². The van der Waals surface area contributed by atoms with E-state index in [0.717, 1.165) is 30.4 Å². The van der Waals surface area contributed by atoms with E-state index in [1.807, 2.05) is 13.0 Å². The smallest absolute Gasteiger partial charge is 0.136 e. The molecule has 0 heterocycles. The summed E-state index contributed by atoms with van der Waals surface area (Å²) in [5, 5.41) is 0. The number of hydrogen-bond donors (Lipinski definition) is 0. The largest absolute Gasteiger partial charge is 0.299 e. The minimum absolute atomic E-state index is 0.142. The summed E-state index contributed by atoms with van der Waals surface area (Å²) >= 11 is 0. The standard InChI is InChI=1S/C15H19FO/c1-10-3-6-15(17)13(7-10)9-12-4-5-14(16)8-11(12)2/h4-5,8,10,13H,3,6-7,9H2,1-2H3. The Bertz CT molecular complexity index is 425. The lowest BCUT2D eigenvalue weighted by Gasteiger charge is -2.26. The van der Waals surface area contributed by atoms with Gasteiger partial charge in [-0.15, -0.1) is 0 Å². The predicted molar refractivity (Wildman–Crippen MR) is 66.4 cm³/mol. The Morgan fingerprint density at radius 1 is 1.41 bits per heavy atom. The maximum Gasteiger partial charge on any atom is 0.136 e. The lowest BCUT2D eigenvalue weighted by Crippen LogP contribution is -2.25. The van der Waals surface area contributed by atoms with E-state index in [1.54, 1.807) is 6.07 Å². The number of halogens is 1. The maximum absolute atomic E-state index is 13.0. The third-order valence-electron chi connectivity index (χ3n) is 3.80. The van der Waals surface area contributed by atoms with Crippen LogP contribution in [0.3, 0.4) is 0 Å². The van der Waals surface area contributed by atoms with E-state index in [2.05, 4.69) is 6.92 Å². The topological polar surface area (TPSA) is 17.1 Å². The Morgan fingerprint density at radius 3 is 2.88 bits per heavy atom. The van der Waals surface area contributed by atoms with Gasteiger partial charge < -0.3 is 0 Å². The fourth-order valence-corrected chi connectivity index (χ4v) is 2.68. The van der Waals surface area contributed by atoms with Crippen LogP contribution in [0.4, 0.5) is 4.39 Å². The second-order valence-corrected chi connectivity index (χ2v) is 5.32. The fourth-order valence-electron chi connectivity index (χ4n) is 2.68. The quantitative estimate of drug-likeness (QED) is 0.763. The molecule has 2 heteroatoms. The molecule has 0 bridgehead atoms. The van der Waals surface area contributed by atoms with Gasteiger partial charge in [-0.1, -0.05) is 13.0 Å². The van der Waals surface area contributed by atoms with Gasteiger partial charge in [0.25, 0.3) is 0 Å². The van der Waals surface area contributed by atoms with E-state index >= 15 is 0 Å². The van der Waals surface area contributed by atoms with Crippen molar-refractivity contribution in [2.24, 2.45) is 11.8 Å². The number of benzene rings is 1. The summed E-state index contributed by atoms with van der Waals surface area (Å²) in [5.74, 6) is 0.961. The Kier molecular flexibility index (Phi) is 3.60. The van der Waals surface area contributed by atoms with Crippen molar-refractivity contribution in [3.8, 4) is 0 Å². The molecular formula is C15H19FO. The molecule has 1 aliphatic carbocycles. The van der Waals surface area contributed by atoms with Gasteiger partial charge in [-0.25, -0.2) is 4.39 Å². The first-order valence-electron chi connectivity index (χ1n) is 6.34. The van der Waals surface area contributed by atoms with Gasteiger partial charge in [-0.3, -0.25) is 4.79 Å². The summed E-state index contributed by atoms with van der Waals surface area (Å²) in [7, 11) is 0. The Balaban J connectivity index is 2.11. The zero-order valence-corrected chi connectivity index (χ0v) is 10.5. The number of carbonyl (C=O) groups excluding carboxylic acids is 1. The normalized spacial score (nSPS) is 25.0. The molecule has 0 N–H and O–H groups in total. The zero-order valence-electron chi connectivity index (χ0n) is 10.5. The molecule has 1 aromatic rings. The third-order valence-corrected chi connectivity index (χ3v) is 3.80. The SMILES string of the molecule is Cc1cc(F)ccc1CC1CC(C)CCC1=O. The Hall–Kier alpha value is -1.18. The highest BCUT2D eigenvalue weighted by molar-refractivity contribution is 5.82. The second-order valence-electron chi connectivity index (χ2n) is 5.32. The number of aryl methyl sites for hydroxylation is 1. The first-order chi connectivity index (χ1) is 8.06. The number of ketones is 1. The molecule has 0 spiro atoms. The predicted octanol–water partition coefficient (Wildman–Crippen LogP) is 3.68. The fraction of sp³-hybridized carbons (Fsp3) is 0.533. The molecule has 0 radical (unpaired) electrons. The molecule has 1 saturated carbocycles. The lowest BCUT2D eigenvalue weighted by molar-refractivity contribution is -0.125. The van der Waals surface area contributed by atoms with E-state index in [-0.39, 0.29) is 11.7 Å². The van der Waals surface area contributed by atoms with Crippen molar-refractivity contribution >= 4 is 5.78 Å². The van der Waals surface area contributed by atoms with Crippen molar-refractivity contribution in [1.82, 2.24) is 0 Å². The lowest BCUT2D eigenvalue weighted by atomic mass is 9.78. The average Bonchev–Trinajstić information content (AvgIpc) is 2.27. The van der Waals surface area contributed by atoms with Crippen molar-refractivity contribution in [3.63, 3.8) is 0 Å². The van der Waals surface area contributed by atoms with Gasteiger partial charge >= 0.3 is 0 Å². The number of Topliss-reactive ketones (excluding diaryl/α,β-unsaturated/α-hetero) is 1. The summed E-state index contributed by atoms with van der Waals surface area (Å²) < 4.78 is 13.0. The monoisotopic (exact) mass is 234 g/mol. The Labute approximate surface area is 102 Å². The van der Waals surface area contributed by atoms with Crippen molar-refractivity contribution < 1.29 is 9.18 Å². The molecule has 0 amide bonds. The molecule has 0 aliphatic heterocycles. The van der Waals surface area contributed by atoms with Crippen molar-refractivity contribution in [3.05, 3.63) is 35.1 Å². The number of hydrogen-bond acceptors (Lipinski definition) is 1. The Morgan fingerprint density at radius 2 is 2.18 bits per heavy atom. The van der Waals surface area contributed by atoms with Crippen molar-refractivity contribution in [1.29, 1.82) is 0 Å². The molecule has 17 heavy (non-hydrogen) atoms. The molecule has 1 aliphatic rings. The summed E-state index contributed by atoms with van der Waals surface area (Å²) in [6.45, 7) is 4.12. The number of carbonyl (C=O) groups is 1. The first-order valence-corrected chi connectivity index (χ1v) is 6.34. The highest BCUT2D eigenvalue weighted by Gasteiger charge is 2.26. The van der Waals surface area contributed by atoms with Gasteiger partial charge in [0.15, 0.2) is 0 Å². The molecular weight excluding hydrogens is 215 g/mol. The van der Waals surface area contributed by atoms with Gasteiger partial charge in [0.2, 0.25) is 0 Å². The van der Waals surface area contributed by atoms with Crippen molar-refractivity contribution in [2.75, 3.05) is 0 Å². The molecule has 0 saturated heterocycles. The summed E-state index contributed by atoms with van der Waals surface area (Å²) in [4.78, 5) is 11.8. The molecule has 92 valence electrons. The van der Waals surface area contributed by atoms with Gasteiger partial charge in [-0.2, -0.15) is 0 Å². The van der Waals surface area contributed by atoms with Crippen LogP contribution in [0.15, 0.2) is 18.2 Å². The second kappa shape index (κ2) is 4.99. The molecule has 1 aromatic carbocycles. The van der Waals surface area contributed by atoms with E-state index < -0.39 is 0 Å². The first kappa shape index (κ1) is 12.3. The summed E-state index contributed by atoms with van der Waals surface area (Å²) in [5.41, 5.74) is 2.06. The molecule has 2 atom stereocenters. The minimum Gasteiger partial charge on any atom is -0.299 e. The molecule has 2 unspecified atom stereocenters. The van der Waals surface area contributed by atoms with E-state index in [4.69, 9.17) is 0 Å². The maximum atomic E-state index is 13.0. The van der Waals surface area contributed by atoms with Crippen LogP contribution in [-0.4, -0.2) is 5.78 Å². The minimum atomic E-state index is -0.199.